The highest BCUT2D eigenvalue weighted by atomic mass is 16.1. The molecule has 5 nitrogen and oxygen atoms in total. The van der Waals surface area contributed by atoms with Crippen LogP contribution >= 0.6 is 0 Å². The molecule has 21 heavy (non-hydrogen) atoms. The van der Waals surface area contributed by atoms with Crippen molar-refractivity contribution in [1.29, 1.82) is 5.26 Å². The van der Waals surface area contributed by atoms with Crippen LogP contribution in [0, 0.1) is 18.3 Å². The standard InChI is InChI=1S/C16H14N4O/c1-9-2-3-10(8-17)4-13(9)19-15-7-14-11(5-12(15)18)6-16(21)20-14/h2-5,7,19H,6,18H2,1H3,(H,20,21). The zero-order valence-electron chi connectivity index (χ0n) is 11.5. The Balaban J connectivity index is 1.98. The first-order valence-corrected chi connectivity index (χ1v) is 6.57. The topological polar surface area (TPSA) is 90.9 Å². The fourth-order valence-corrected chi connectivity index (χ4v) is 2.37. The van der Waals surface area contributed by atoms with Gasteiger partial charge < -0.3 is 16.4 Å². The molecule has 0 fully saturated rings. The maximum atomic E-state index is 11.4. The van der Waals surface area contributed by atoms with Crippen molar-refractivity contribution >= 4 is 28.7 Å². The zero-order chi connectivity index (χ0) is 15.0. The normalized spacial score (nSPS) is 12.5. The van der Waals surface area contributed by atoms with Gasteiger partial charge in [-0.3, -0.25) is 4.79 Å². The monoisotopic (exact) mass is 278 g/mol. The Morgan fingerprint density at radius 1 is 1.29 bits per heavy atom. The summed E-state index contributed by atoms with van der Waals surface area (Å²) in [6, 6.07) is 11.2. The van der Waals surface area contributed by atoms with E-state index >= 15 is 0 Å². The van der Waals surface area contributed by atoms with Gasteiger partial charge in [-0.25, -0.2) is 0 Å². The van der Waals surface area contributed by atoms with Gasteiger partial charge in [-0.15, -0.1) is 0 Å². The van der Waals surface area contributed by atoms with E-state index in [1.165, 1.54) is 0 Å². The van der Waals surface area contributed by atoms with Gasteiger partial charge in [-0.05, 0) is 42.3 Å². The third-order valence-corrected chi connectivity index (χ3v) is 3.54. The third-order valence-electron chi connectivity index (χ3n) is 3.54. The maximum absolute atomic E-state index is 11.4. The minimum atomic E-state index is -0.0239. The highest BCUT2D eigenvalue weighted by Crippen LogP contribution is 2.34. The summed E-state index contributed by atoms with van der Waals surface area (Å²) in [5.41, 5.74) is 11.4. The molecule has 1 aliphatic rings. The first-order valence-electron chi connectivity index (χ1n) is 6.57. The van der Waals surface area contributed by atoms with Crippen LogP contribution in [0.25, 0.3) is 0 Å². The molecule has 0 aliphatic carbocycles. The van der Waals surface area contributed by atoms with Gasteiger partial charge in [0.1, 0.15) is 0 Å². The Morgan fingerprint density at radius 3 is 2.86 bits per heavy atom. The summed E-state index contributed by atoms with van der Waals surface area (Å²) in [5, 5.41) is 15.0. The second-order valence-electron chi connectivity index (χ2n) is 5.09. The summed E-state index contributed by atoms with van der Waals surface area (Å²) >= 11 is 0. The maximum Gasteiger partial charge on any atom is 0.228 e. The number of rotatable bonds is 2. The summed E-state index contributed by atoms with van der Waals surface area (Å²) in [6.45, 7) is 1.95. The number of benzene rings is 2. The molecular formula is C16H14N4O. The van der Waals surface area contributed by atoms with E-state index in [1.807, 2.05) is 19.1 Å². The number of carbonyl (C=O) groups is 1. The fourth-order valence-electron chi connectivity index (χ4n) is 2.37. The number of aryl methyl sites for hydroxylation is 1. The summed E-state index contributed by atoms with van der Waals surface area (Å²) in [7, 11) is 0. The molecule has 5 heteroatoms. The lowest BCUT2D eigenvalue weighted by atomic mass is 10.1. The van der Waals surface area contributed by atoms with Crippen molar-refractivity contribution in [3.05, 3.63) is 47.0 Å². The van der Waals surface area contributed by atoms with Crippen LogP contribution in [0.4, 0.5) is 22.7 Å². The predicted octanol–water partition coefficient (Wildman–Crippen LogP) is 2.69. The van der Waals surface area contributed by atoms with Crippen molar-refractivity contribution in [1.82, 2.24) is 0 Å². The number of hydrogen-bond donors (Lipinski definition) is 3. The first kappa shape index (κ1) is 13.0. The minimum Gasteiger partial charge on any atom is -0.397 e. The molecule has 0 saturated carbocycles. The number of nitrogens with zero attached hydrogens (tertiary/aromatic N) is 1. The van der Waals surface area contributed by atoms with Crippen molar-refractivity contribution in [3.63, 3.8) is 0 Å². The van der Waals surface area contributed by atoms with Gasteiger partial charge in [-0.2, -0.15) is 5.26 Å². The molecule has 0 atom stereocenters. The molecule has 0 unspecified atom stereocenters. The lowest BCUT2D eigenvalue weighted by Gasteiger charge is -2.13. The Morgan fingerprint density at radius 2 is 2.10 bits per heavy atom. The van der Waals surface area contributed by atoms with Crippen molar-refractivity contribution in [2.75, 3.05) is 16.4 Å². The number of nitrogen functional groups attached to an aromatic ring is 1. The van der Waals surface area contributed by atoms with Crippen LogP contribution in [0.15, 0.2) is 30.3 Å². The Kier molecular flexibility index (Phi) is 2.99. The Bertz CT molecular complexity index is 790. The van der Waals surface area contributed by atoms with Crippen molar-refractivity contribution in [2.24, 2.45) is 0 Å². The first-order chi connectivity index (χ1) is 10.1. The number of nitrogens with two attached hydrogens (primary N) is 1. The van der Waals surface area contributed by atoms with Crippen molar-refractivity contribution in [2.45, 2.75) is 13.3 Å². The molecule has 0 bridgehead atoms. The SMILES string of the molecule is Cc1ccc(C#N)cc1Nc1cc2c(cc1N)CC(=O)N2. The third kappa shape index (κ3) is 2.39. The molecule has 1 aliphatic heterocycles. The van der Waals surface area contributed by atoms with Gasteiger partial charge in [0, 0.05) is 11.4 Å². The summed E-state index contributed by atoms with van der Waals surface area (Å²) in [5.74, 6) is -0.0239. The van der Waals surface area contributed by atoms with Crippen molar-refractivity contribution in [3.8, 4) is 6.07 Å². The van der Waals surface area contributed by atoms with E-state index in [0.29, 0.717) is 23.4 Å². The molecule has 2 aromatic rings. The van der Waals surface area contributed by atoms with Crippen LogP contribution < -0.4 is 16.4 Å². The molecule has 3 rings (SSSR count). The van der Waals surface area contributed by atoms with Crippen LogP contribution in [-0.4, -0.2) is 5.91 Å². The van der Waals surface area contributed by atoms with E-state index in [-0.39, 0.29) is 5.91 Å². The fraction of sp³-hybridized carbons (Fsp3) is 0.125. The molecule has 1 heterocycles. The van der Waals surface area contributed by atoms with E-state index in [0.717, 1.165) is 22.5 Å². The van der Waals surface area contributed by atoms with Gasteiger partial charge in [0.25, 0.3) is 0 Å². The molecule has 0 saturated heterocycles. The quantitative estimate of drug-likeness (QED) is 0.736. The number of fused-ring (bicyclic) bond motifs is 1. The Labute approximate surface area is 122 Å². The van der Waals surface area contributed by atoms with E-state index < -0.39 is 0 Å². The number of amides is 1. The molecule has 0 aromatic heterocycles. The highest BCUT2D eigenvalue weighted by molar-refractivity contribution is 6.01. The lowest BCUT2D eigenvalue weighted by Crippen LogP contribution is -2.03. The smallest absolute Gasteiger partial charge is 0.228 e. The number of carbonyl (C=O) groups excluding carboxylic acids is 1. The van der Waals surface area contributed by atoms with E-state index in [4.69, 9.17) is 11.0 Å². The molecule has 1 amide bonds. The van der Waals surface area contributed by atoms with Crippen LogP contribution in [0.2, 0.25) is 0 Å². The van der Waals surface area contributed by atoms with Gasteiger partial charge >= 0.3 is 0 Å². The summed E-state index contributed by atoms with van der Waals surface area (Å²) < 4.78 is 0. The number of hydrogen-bond acceptors (Lipinski definition) is 4. The average Bonchev–Trinajstić information content (AvgIpc) is 2.80. The highest BCUT2D eigenvalue weighted by Gasteiger charge is 2.19. The largest absolute Gasteiger partial charge is 0.397 e. The second kappa shape index (κ2) is 4.84. The van der Waals surface area contributed by atoms with Gasteiger partial charge in [0.15, 0.2) is 0 Å². The number of nitrogens with one attached hydrogen (secondary N) is 2. The second-order valence-corrected chi connectivity index (χ2v) is 5.09. The lowest BCUT2D eigenvalue weighted by molar-refractivity contribution is -0.115. The minimum absolute atomic E-state index is 0.0239. The molecule has 4 N–H and O–H groups in total. The van der Waals surface area contributed by atoms with E-state index in [1.54, 1.807) is 18.2 Å². The van der Waals surface area contributed by atoms with Crippen LogP contribution in [0.3, 0.4) is 0 Å². The van der Waals surface area contributed by atoms with Gasteiger partial charge in [-0.1, -0.05) is 6.07 Å². The Hall–Kier alpha value is -3.00. The number of anilines is 4. The molecule has 0 radical (unpaired) electrons. The van der Waals surface area contributed by atoms with Gasteiger partial charge in [0.2, 0.25) is 5.91 Å². The van der Waals surface area contributed by atoms with Crippen LogP contribution in [-0.2, 0) is 11.2 Å². The summed E-state index contributed by atoms with van der Waals surface area (Å²) in [6.07, 6.45) is 0.364. The average molecular weight is 278 g/mol. The number of nitriles is 1. The summed E-state index contributed by atoms with van der Waals surface area (Å²) in [4.78, 5) is 11.4. The molecular weight excluding hydrogens is 264 g/mol. The van der Waals surface area contributed by atoms with Crippen LogP contribution in [0.5, 0.6) is 0 Å². The van der Waals surface area contributed by atoms with E-state index in [9.17, 15) is 4.79 Å². The molecule has 2 aromatic carbocycles. The predicted molar refractivity (Wildman–Crippen MR) is 82.4 cm³/mol. The van der Waals surface area contributed by atoms with Crippen LogP contribution in [0.1, 0.15) is 16.7 Å². The van der Waals surface area contributed by atoms with E-state index in [2.05, 4.69) is 16.7 Å². The van der Waals surface area contributed by atoms with Gasteiger partial charge in [0.05, 0.1) is 29.4 Å². The van der Waals surface area contributed by atoms with Crippen molar-refractivity contribution < 1.29 is 4.79 Å². The molecule has 104 valence electrons. The zero-order valence-corrected chi connectivity index (χ0v) is 11.5. The molecule has 0 spiro atoms.